The first kappa shape index (κ1) is 12.4. The summed E-state index contributed by atoms with van der Waals surface area (Å²) in [6.07, 6.45) is 6.52. The Morgan fingerprint density at radius 1 is 1.06 bits per heavy atom. The van der Waals surface area contributed by atoms with E-state index in [1.807, 2.05) is 0 Å². The van der Waals surface area contributed by atoms with Crippen LogP contribution in [0.5, 0.6) is 0 Å². The average molecular weight is 330 g/mol. The van der Waals surface area contributed by atoms with Crippen LogP contribution in [0.2, 0.25) is 0 Å². The van der Waals surface area contributed by atoms with Gasteiger partial charge in [-0.25, -0.2) is 0 Å². The summed E-state index contributed by atoms with van der Waals surface area (Å²) >= 11 is 2.48. The largest absolute Gasteiger partial charge is 0.370 e. The maximum atomic E-state index is 6.20. The summed E-state index contributed by atoms with van der Waals surface area (Å²) in [5, 5.41) is 0. The van der Waals surface area contributed by atoms with Crippen LogP contribution in [0.4, 0.5) is 0 Å². The number of halogens is 1. The maximum Gasteiger partial charge on any atom is 0.0776 e. The monoisotopic (exact) mass is 330 g/mol. The zero-order valence-corrected chi connectivity index (χ0v) is 11.8. The van der Waals surface area contributed by atoms with Crippen LogP contribution in [0.25, 0.3) is 0 Å². The van der Waals surface area contributed by atoms with Crippen LogP contribution in [0.3, 0.4) is 0 Å². The summed E-state index contributed by atoms with van der Waals surface area (Å²) in [6.45, 7) is 0.768. The molecule has 0 radical (unpaired) electrons. The Balaban J connectivity index is 1.92. The highest BCUT2D eigenvalue weighted by Gasteiger charge is 2.31. The molecule has 0 N–H and O–H groups in total. The molecule has 1 aliphatic rings. The molecular weight excluding hydrogens is 311 g/mol. The second-order valence-electron chi connectivity index (χ2n) is 4.65. The zero-order valence-electron chi connectivity index (χ0n) is 9.62. The third-order valence-corrected chi connectivity index (χ3v) is 4.79. The lowest BCUT2D eigenvalue weighted by molar-refractivity contribution is -0.0607. The van der Waals surface area contributed by atoms with Gasteiger partial charge in [0.25, 0.3) is 0 Å². The summed E-state index contributed by atoms with van der Waals surface area (Å²) in [5.74, 6) is 0. The molecule has 0 bridgehead atoms. The molecule has 1 saturated carbocycles. The predicted octanol–water partition coefficient (Wildman–Crippen LogP) is 4.34. The SMILES string of the molecule is ICC1(OCc2ccccc2)CCCCC1. The number of benzene rings is 1. The van der Waals surface area contributed by atoms with E-state index in [9.17, 15) is 0 Å². The Labute approximate surface area is 112 Å². The second-order valence-corrected chi connectivity index (χ2v) is 5.41. The van der Waals surface area contributed by atoms with Gasteiger partial charge < -0.3 is 4.74 Å². The summed E-state index contributed by atoms with van der Waals surface area (Å²) in [5.41, 5.74) is 1.45. The van der Waals surface area contributed by atoms with Crippen molar-refractivity contribution >= 4 is 22.6 Å². The van der Waals surface area contributed by atoms with Crippen molar-refractivity contribution < 1.29 is 4.74 Å². The van der Waals surface area contributed by atoms with E-state index >= 15 is 0 Å². The van der Waals surface area contributed by atoms with Crippen molar-refractivity contribution in [2.75, 3.05) is 4.43 Å². The number of hydrogen-bond acceptors (Lipinski definition) is 1. The third kappa shape index (κ3) is 3.20. The molecule has 0 atom stereocenters. The topological polar surface area (TPSA) is 9.23 Å². The maximum absolute atomic E-state index is 6.20. The van der Waals surface area contributed by atoms with E-state index in [4.69, 9.17) is 4.74 Å². The molecule has 0 amide bonds. The molecule has 1 nitrogen and oxygen atoms in total. The standard InChI is InChI=1S/C14H19IO/c15-12-14(9-5-2-6-10-14)16-11-13-7-3-1-4-8-13/h1,3-4,7-8H,2,5-6,9-12H2. The number of ether oxygens (including phenoxy) is 1. The van der Waals surface area contributed by atoms with Crippen molar-refractivity contribution in [3.8, 4) is 0 Å². The van der Waals surface area contributed by atoms with E-state index in [0.717, 1.165) is 11.0 Å². The number of hydrogen-bond donors (Lipinski definition) is 0. The first-order valence-corrected chi connectivity index (χ1v) is 7.61. The number of rotatable bonds is 4. The molecule has 0 spiro atoms. The van der Waals surface area contributed by atoms with Gasteiger partial charge in [-0.15, -0.1) is 0 Å². The zero-order chi connectivity index (χ0) is 11.3. The predicted molar refractivity (Wildman–Crippen MR) is 75.9 cm³/mol. The van der Waals surface area contributed by atoms with Crippen molar-refractivity contribution in [3.63, 3.8) is 0 Å². The minimum absolute atomic E-state index is 0.161. The summed E-state index contributed by atoms with van der Waals surface area (Å²) in [6, 6.07) is 10.5. The molecule has 2 rings (SSSR count). The van der Waals surface area contributed by atoms with E-state index in [1.165, 1.54) is 37.7 Å². The minimum atomic E-state index is 0.161. The van der Waals surface area contributed by atoms with Crippen LogP contribution in [0, 0.1) is 0 Å². The van der Waals surface area contributed by atoms with Crippen LogP contribution in [0.1, 0.15) is 37.7 Å². The average Bonchev–Trinajstić information content (AvgIpc) is 2.39. The molecule has 88 valence electrons. The van der Waals surface area contributed by atoms with Gasteiger partial charge in [-0.2, -0.15) is 0 Å². The Morgan fingerprint density at radius 2 is 1.75 bits per heavy atom. The Kier molecular flexibility index (Phi) is 4.65. The fourth-order valence-electron chi connectivity index (χ4n) is 2.32. The van der Waals surface area contributed by atoms with Crippen molar-refractivity contribution in [2.45, 2.75) is 44.3 Å². The van der Waals surface area contributed by atoms with Gasteiger partial charge in [-0.1, -0.05) is 72.2 Å². The summed E-state index contributed by atoms with van der Waals surface area (Å²) < 4.78 is 7.32. The highest BCUT2D eigenvalue weighted by atomic mass is 127. The van der Waals surface area contributed by atoms with Gasteiger partial charge in [0.15, 0.2) is 0 Å². The molecule has 1 fully saturated rings. The Bertz CT molecular complexity index is 304. The molecule has 0 aromatic heterocycles. The van der Waals surface area contributed by atoms with E-state index < -0.39 is 0 Å². The van der Waals surface area contributed by atoms with Gasteiger partial charge in [0.1, 0.15) is 0 Å². The lowest BCUT2D eigenvalue weighted by atomic mass is 9.86. The Hall–Kier alpha value is -0.0900. The van der Waals surface area contributed by atoms with Crippen LogP contribution in [-0.2, 0) is 11.3 Å². The molecule has 2 heteroatoms. The van der Waals surface area contributed by atoms with Crippen molar-refractivity contribution in [1.29, 1.82) is 0 Å². The van der Waals surface area contributed by atoms with Gasteiger partial charge in [0, 0.05) is 4.43 Å². The molecule has 0 aliphatic heterocycles. The van der Waals surface area contributed by atoms with E-state index in [2.05, 4.69) is 52.9 Å². The number of alkyl halides is 1. The van der Waals surface area contributed by atoms with E-state index in [-0.39, 0.29) is 5.60 Å². The highest BCUT2D eigenvalue weighted by Crippen LogP contribution is 2.34. The lowest BCUT2D eigenvalue weighted by Crippen LogP contribution is -2.36. The first-order chi connectivity index (χ1) is 7.85. The summed E-state index contributed by atoms with van der Waals surface area (Å²) in [7, 11) is 0. The highest BCUT2D eigenvalue weighted by molar-refractivity contribution is 14.1. The van der Waals surface area contributed by atoms with Crippen molar-refractivity contribution in [3.05, 3.63) is 35.9 Å². The van der Waals surface area contributed by atoms with Crippen LogP contribution in [0.15, 0.2) is 30.3 Å². The molecule has 0 unspecified atom stereocenters. The van der Waals surface area contributed by atoms with Crippen molar-refractivity contribution in [2.24, 2.45) is 0 Å². The van der Waals surface area contributed by atoms with Crippen LogP contribution in [-0.4, -0.2) is 10.0 Å². The fourth-order valence-corrected chi connectivity index (χ4v) is 3.31. The van der Waals surface area contributed by atoms with Crippen molar-refractivity contribution in [1.82, 2.24) is 0 Å². The van der Waals surface area contributed by atoms with Crippen LogP contribution >= 0.6 is 22.6 Å². The molecule has 1 aromatic carbocycles. The quantitative estimate of drug-likeness (QED) is 0.589. The second kappa shape index (κ2) is 6.01. The van der Waals surface area contributed by atoms with Gasteiger partial charge >= 0.3 is 0 Å². The van der Waals surface area contributed by atoms with Crippen LogP contribution < -0.4 is 0 Å². The molecule has 1 aromatic rings. The summed E-state index contributed by atoms with van der Waals surface area (Å²) in [4.78, 5) is 0. The van der Waals surface area contributed by atoms with E-state index in [1.54, 1.807) is 0 Å². The van der Waals surface area contributed by atoms with Gasteiger partial charge in [0.05, 0.1) is 12.2 Å². The normalized spacial score (nSPS) is 19.6. The van der Waals surface area contributed by atoms with Gasteiger partial charge in [0.2, 0.25) is 0 Å². The minimum Gasteiger partial charge on any atom is -0.370 e. The molecular formula is C14H19IO. The smallest absolute Gasteiger partial charge is 0.0776 e. The fraction of sp³-hybridized carbons (Fsp3) is 0.571. The molecule has 0 saturated heterocycles. The molecule has 0 heterocycles. The first-order valence-electron chi connectivity index (χ1n) is 6.08. The van der Waals surface area contributed by atoms with E-state index in [0.29, 0.717) is 0 Å². The molecule has 1 aliphatic carbocycles. The lowest BCUT2D eigenvalue weighted by Gasteiger charge is -2.35. The van der Waals surface area contributed by atoms with Gasteiger partial charge in [-0.3, -0.25) is 0 Å². The van der Waals surface area contributed by atoms with Gasteiger partial charge in [-0.05, 0) is 18.4 Å². The Morgan fingerprint density at radius 3 is 2.38 bits per heavy atom. The molecule has 16 heavy (non-hydrogen) atoms. The third-order valence-electron chi connectivity index (χ3n) is 3.40.